The summed E-state index contributed by atoms with van der Waals surface area (Å²) in [6, 6.07) is 0. The second-order valence-corrected chi connectivity index (χ2v) is 17.0. The molecule has 0 aromatic rings. The highest BCUT2D eigenvalue weighted by molar-refractivity contribution is 5.19. The maximum absolute atomic E-state index is 11.0. The Morgan fingerprint density at radius 3 is 2.29 bits per heavy atom. The van der Waals surface area contributed by atoms with Gasteiger partial charge in [-0.1, -0.05) is 48.5 Å². The second-order valence-electron chi connectivity index (χ2n) is 17.0. The molecule has 6 fully saturated rings. The smallest absolute Gasteiger partial charge is 0.157 e. The van der Waals surface area contributed by atoms with Gasteiger partial charge in [0, 0.05) is 6.61 Å². The first kappa shape index (κ1) is 28.0. The van der Waals surface area contributed by atoms with Crippen molar-refractivity contribution in [1.29, 1.82) is 0 Å². The fourth-order valence-electron chi connectivity index (χ4n) is 12.9. The third-order valence-corrected chi connectivity index (χ3v) is 15.2. The van der Waals surface area contributed by atoms with Crippen molar-refractivity contribution in [2.24, 2.45) is 62.6 Å². The molecule has 0 bridgehead atoms. The number of fused-ring (bicyclic) bond motifs is 7. The van der Waals surface area contributed by atoms with Gasteiger partial charge in [-0.05, 0) is 146 Å². The molecule has 11 atom stereocenters. The van der Waals surface area contributed by atoms with E-state index in [0.717, 1.165) is 55.6 Å². The summed E-state index contributed by atoms with van der Waals surface area (Å²) in [6.45, 7) is 19.8. The Bertz CT molecular complexity index is 876. The second kappa shape index (κ2) is 9.45. The van der Waals surface area contributed by atoms with Gasteiger partial charge in [0.2, 0.25) is 0 Å². The molecule has 0 amide bonds. The summed E-state index contributed by atoms with van der Waals surface area (Å²) < 4.78 is 12.7. The van der Waals surface area contributed by atoms with Crippen LogP contribution in [-0.4, -0.2) is 30.7 Å². The van der Waals surface area contributed by atoms with E-state index in [4.69, 9.17) is 9.47 Å². The number of aliphatic hydroxyl groups excluding tert-OH is 1. The van der Waals surface area contributed by atoms with Crippen LogP contribution >= 0.6 is 0 Å². The third-order valence-electron chi connectivity index (χ3n) is 15.2. The van der Waals surface area contributed by atoms with Gasteiger partial charge in [0.25, 0.3) is 0 Å². The molecule has 38 heavy (non-hydrogen) atoms. The molecule has 6 aliphatic rings. The first-order valence-electron chi connectivity index (χ1n) is 16.8. The molecule has 1 N–H and O–H groups in total. The number of rotatable bonds is 4. The van der Waals surface area contributed by atoms with Crippen LogP contribution in [0.2, 0.25) is 0 Å². The van der Waals surface area contributed by atoms with Crippen LogP contribution in [0.1, 0.15) is 132 Å². The van der Waals surface area contributed by atoms with Gasteiger partial charge >= 0.3 is 0 Å². The van der Waals surface area contributed by atoms with Gasteiger partial charge in [-0.25, -0.2) is 0 Å². The lowest BCUT2D eigenvalue weighted by atomic mass is 9.32. The average Bonchev–Trinajstić information content (AvgIpc) is 3.27. The first-order chi connectivity index (χ1) is 17.9. The molecular formula is C35H60O3. The van der Waals surface area contributed by atoms with Gasteiger partial charge in [0.05, 0.1) is 12.7 Å². The predicted molar refractivity (Wildman–Crippen MR) is 155 cm³/mol. The quantitative estimate of drug-likeness (QED) is 0.397. The maximum Gasteiger partial charge on any atom is 0.157 e. The lowest BCUT2D eigenvalue weighted by Crippen LogP contribution is -2.67. The summed E-state index contributed by atoms with van der Waals surface area (Å²) in [6.07, 6.45) is 16.6. The van der Waals surface area contributed by atoms with Crippen molar-refractivity contribution in [2.45, 2.75) is 144 Å². The van der Waals surface area contributed by atoms with E-state index in [1.807, 2.05) is 0 Å². The molecule has 0 spiro atoms. The van der Waals surface area contributed by atoms with Crippen LogP contribution in [0.25, 0.3) is 0 Å². The molecule has 0 aromatic carbocycles. The SMILES string of the molecule is CC(C)C1CCC2(COC3CCCCO3)CCC3(C)C(CCC4C5(C)CCC(O)C(C)(C)C5CCC43C)C12. The molecular weight excluding hydrogens is 468 g/mol. The lowest BCUT2D eigenvalue weighted by molar-refractivity contribution is -0.257. The van der Waals surface area contributed by atoms with Gasteiger partial charge in [0.15, 0.2) is 6.29 Å². The summed E-state index contributed by atoms with van der Waals surface area (Å²) in [7, 11) is 0. The number of aliphatic hydroxyl groups is 1. The largest absolute Gasteiger partial charge is 0.393 e. The van der Waals surface area contributed by atoms with Crippen molar-refractivity contribution in [1.82, 2.24) is 0 Å². The minimum absolute atomic E-state index is 0.0404. The van der Waals surface area contributed by atoms with Gasteiger partial charge in [-0.3, -0.25) is 0 Å². The third kappa shape index (κ3) is 3.82. The Hall–Kier alpha value is -0.120. The van der Waals surface area contributed by atoms with Crippen molar-refractivity contribution in [2.75, 3.05) is 13.2 Å². The maximum atomic E-state index is 11.0. The zero-order valence-electron chi connectivity index (χ0n) is 26.0. The topological polar surface area (TPSA) is 38.7 Å². The van der Waals surface area contributed by atoms with Crippen LogP contribution in [0.4, 0.5) is 0 Å². The fraction of sp³-hybridized carbons (Fsp3) is 1.00. The Morgan fingerprint density at radius 1 is 0.789 bits per heavy atom. The normalized spacial score (nSPS) is 54.1. The van der Waals surface area contributed by atoms with Crippen molar-refractivity contribution in [3.05, 3.63) is 0 Å². The van der Waals surface area contributed by atoms with E-state index in [2.05, 4.69) is 48.5 Å². The number of hydrogen-bond acceptors (Lipinski definition) is 3. The Morgan fingerprint density at radius 2 is 1.58 bits per heavy atom. The highest BCUT2D eigenvalue weighted by Gasteiger charge is 2.70. The molecule has 5 aliphatic carbocycles. The van der Waals surface area contributed by atoms with E-state index >= 15 is 0 Å². The molecule has 6 rings (SSSR count). The molecule has 1 heterocycles. The van der Waals surface area contributed by atoms with Crippen molar-refractivity contribution >= 4 is 0 Å². The van der Waals surface area contributed by atoms with E-state index in [1.165, 1.54) is 70.6 Å². The summed E-state index contributed by atoms with van der Waals surface area (Å²) in [4.78, 5) is 0. The van der Waals surface area contributed by atoms with Crippen LogP contribution in [0.5, 0.6) is 0 Å². The molecule has 3 heteroatoms. The van der Waals surface area contributed by atoms with Crippen molar-refractivity contribution < 1.29 is 14.6 Å². The van der Waals surface area contributed by atoms with E-state index in [-0.39, 0.29) is 17.8 Å². The zero-order chi connectivity index (χ0) is 27.1. The van der Waals surface area contributed by atoms with Gasteiger partial charge in [-0.15, -0.1) is 0 Å². The standard InChI is InChI=1S/C35H60O3/c1-23(2)24-13-18-35(22-38-29-10-8-9-21-37-29)20-19-33(6)25(30(24)35)11-12-27-32(5)16-15-28(36)31(3,4)26(32)14-17-34(27,33)7/h23-30,36H,8-22H2,1-7H3. The van der Waals surface area contributed by atoms with Crippen LogP contribution in [0, 0.1) is 62.6 Å². The van der Waals surface area contributed by atoms with Crippen LogP contribution in [-0.2, 0) is 9.47 Å². The summed E-state index contributed by atoms with van der Waals surface area (Å²) in [5.41, 5.74) is 1.59. The highest BCUT2D eigenvalue weighted by Crippen LogP contribution is 2.77. The summed E-state index contributed by atoms with van der Waals surface area (Å²) >= 11 is 0. The van der Waals surface area contributed by atoms with Crippen molar-refractivity contribution in [3.63, 3.8) is 0 Å². The van der Waals surface area contributed by atoms with Crippen molar-refractivity contribution in [3.8, 4) is 0 Å². The minimum atomic E-state index is -0.134. The summed E-state index contributed by atoms with van der Waals surface area (Å²) in [5, 5.41) is 11.0. The van der Waals surface area contributed by atoms with E-state index in [9.17, 15) is 5.11 Å². The van der Waals surface area contributed by atoms with Crippen LogP contribution in [0.3, 0.4) is 0 Å². The average molecular weight is 529 g/mol. The first-order valence-corrected chi connectivity index (χ1v) is 16.8. The molecule has 5 saturated carbocycles. The number of hydrogen-bond donors (Lipinski definition) is 1. The predicted octanol–water partition coefficient (Wildman–Crippen LogP) is 8.63. The van der Waals surface area contributed by atoms with Crippen LogP contribution in [0.15, 0.2) is 0 Å². The Labute approximate surface area is 234 Å². The molecule has 218 valence electrons. The molecule has 1 aliphatic heterocycles. The van der Waals surface area contributed by atoms with E-state index in [0.29, 0.717) is 27.6 Å². The number of ether oxygens (including phenoxy) is 2. The van der Waals surface area contributed by atoms with Gasteiger partial charge in [-0.2, -0.15) is 0 Å². The summed E-state index contributed by atoms with van der Waals surface area (Å²) in [5.74, 6) is 4.67. The molecule has 3 nitrogen and oxygen atoms in total. The molecule has 0 radical (unpaired) electrons. The Kier molecular flexibility index (Phi) is 6.97. The monoisotopic (exact) mass is 528 g/mol. The Balaban J connectivity index is 1.31. The molecule has 11 unspecified atom stereocenters. The lowest BCUT2D eigenvalue weighted by Gasteiger charge is -2.73. The highest BCUT2D eigenvalue weighted by atomic mass is 16.7. The van der Waals surface area contributed by atoms with Crippen LogP contribution < -0.4 is 0 Å². The molecule has 0 aromatic heterocycles. The van der Waals surface area contributed by atoms with E-state index in [1.54, 1.807) is 0 Å². The van der Waals surface area contributed by atoms with Gasteiger partial charge < -0.3 is 14.6 Å². The van der Waals surface area contributed by atoms with E-state index < -0.39 is 0 Å². The van der Waals surface area contributed by atoms with Gasteiger partial charge in [0.1, 0.15) is 0 Å². The zero-order valence-corrected chi connectivity index (χ0v) is 26.0. The molecule has 1 saturated heterocycles. The fourth-order valence-corrected chi connectivity index (χ4v) is 12.9. The minimum Gasteiger partial charge on any atom is -0.393 e.